The third kappa shape index (κ3) is 2.99. The SMILES string of the molecule is CCNC(=O)[C@H](C)Sc1ncnc2sc3c(c12)CC[C@@H](C)C3. The van der Waals surface area contributed by atoms with Crippen LogP contribution < -0.4 is 5.32 Å². The molecule has 1 N–H and O–H groups in total. The molecule has 2 heterocycles. The average molecular weight is 335 g/mol. The van der Waals surface area contributed by atoms with Crippen LogP contribution in [0.15, 0.2) is 11.4 Å². The molecule has 3 rings (SSSR count). The minimum absolute atomic E-state index is 0.0666. The summed E-state index contributed by atoms with van der Waals surface area (Å²) in [5, 5.41) is 4.88. The maximum Gasteiger partial charge on any atom is 0.233 e. The average Bonchev–Trinajstić information content (AvgIpc) is 2.85. The lowest BCUT2D eigenvalue weighted by Gasteiger charge is -2.18. The van der Waals surface area contributed by atoms with Crippen molar-refractivity contribution in [3.63, 3.8) is 0 Å². The third-order valence-electron chi connectivity index (χ3n) is 4.07. The van der Waals surface area contributed by atoms with Crippen LogP contribution in [0, 0.1) is 5.92 Å². The zero-order valence-corrected chi connectivity index (χ0v) is 14.8. The molecule has 2 atom stereocenters. The normalized spacial score (nSPS) is 19.0. The number of thioether (sulfide) groups is 1. The van der Waals surface area contributed by atoms with Crippen LogP contribution in [-0.2, 0) is 17.6 Å². The van der Waals surface area contributed by atoms with E-state index in [0.29, 0.717) is 6.54 Å². The molecule has 6 heteroatoms. The van der Waals surface area contributed by atoms with Crippen molar-refractivity contribution in [2.75, 3.05) is 6.54 Å². The van der Waals surface area contributed by atoms with Crippen LogP contribution in [-0.4, -0.2) is 27.7 Å². The molecule has 4 nitrogen and oxygen atoms in total. The van der Waals surface area contributed by atoms with Crippen LogP contribution in [0.2, 0.25) is 0 Å². The molecule has 2 aromatic heterocycles. The highest BCUT2D eigenvalue weighted by molar-refractivity contribution is 8.00. The number of rotatable bonds is 4. The highest BCUT2D eigenvalue weighted by Crippen LogP contribution is 2.41. The van der Waals surface area contributed by atoms with Gasteiger partial charge >= 0.3 is 0 Å². The predicted octanol–water partition coefficient (Wildman–Crippen LogP) is 3.43. The Morgan fingerprint density at radius 3 is 3.14 bits per heavy atom. The molecule has 1 aliphatic carbocycles. The molecule has 1 aliphatic rings. The van der Waals surface area contributed by atoms with Crippen molar-refractivity contribution in [3.05, 3.63) is 16.8 Å². The number of carbonyl (C=O) groups excluding carboxylic acids is 1. The van der Waals surface area contributed by atoms with Gasteiger partial charge in [0, 0.05) is 16.8 Å². The van der Waals surface area contributed by atoms with E-state index in [1.165, 1.54) is 22.2 Å². The largest absolute Gasteiger partial charge is 0.355 e. The topological polar surface area (TPSA) is 54.9 Å². The Hall–Kier alpha value is -1.14. The Morgan fingerprint density at radius 1 is 1.55 bits per heavy atom. The summed E-state index contributed by atoms with van der Waals surface area (Å²) in [5.74, 6) is 0.816. The predicted molar refractivity (Wildman–Crippen MR) is 92.6 cm³/mol. The number of thiophene rings is 1. The Kier molecular flexibility index (Phi) is 4.68. The molecule has 1 amide bonds. The number of nitrogens with one attached hydrogen (secondary N) is 1. The maximum atomic E-state index is 12.0. The van der Waals surface area contributed by atoms with Gasteiger partial charge in [-0.05, 0) is 44.6 Å². The Bertz CT molecular complexity index is 698. The van der Waals surface area contributed by atoms with E-state index >= 15 is 0 Å². The molecule has 0 spiro atoms. The van der Waals surface area contributed by atoms with E-state index in [4.69, 9.17) is 0 Å². The van der Waals surface area contributed by atoms with Crippen molar-refractivity contribution >= 4 is 39.2 Å². The van der Waals surface area contributed by atoms with Gasteiger partial charge in [0.25, 0.3) is 0 Å². The number of carbonyl (C=O) groups is 1. The zero-order chi connectivity index (χ0) is 15.7. The smallest absolute Gasteiger partial charge is 0.233 e. The van der Waals surface area contributed by atoms with Crippen molar-refractivity contribution < 1.29 is 4.79 Å². The van der Waals surface area contributed by atoms with Crippen LogP contribution >= 0.6 is 23.1 Å². The van der Waals surface area contributed by atoms with Gasteiger partial charge in [-0.15, -0.1) is 11.3 Å². The molecule has 22 heavy (non-hydrogen) atoms. The lowest BCUT2D eigenvalue weighted by Crippen LogP contribution is -2.30. The molecular weight excluding hydrogens is 314 g/mol. The fourth-order valence-corrected chi connectivity index (χ4v) is 5.26. The van der Waals surface area contributed by atoms with Crippen molar-refractivity contribution in [1.29, 1.82) is 0 Å². The van der Waals surface area contributed by atoms with Crippen LogP contribution in [0.1, 0.15) is 37.6 Å². The van der Waals surface area contributed by atoms with Gasteiger partial charge in [0.2, 0.25) is 5.91 Å². The van der Waals surface area contributed by atoms with Crippen molar-refractivity contribution in [3.8, 4) is 0 Å². The molecule has 0 radical (unpaired) electrons. The van der Waals surface area contributed by atoms with E-state index < -0.39 is 0 Å². The fourth-order valence-electron chi connectivity index (χ4n) is 2.87. The summed E-state index contributed by atoms with van der Waals surface area (Å²) in [6, 6.07) is 0. The second kappa shape index (κ2) is 6.54. The van der Waals surface area contributed by atoms with Crippen LogP contribution in [0.4, 0.5) is 0 Å². The molecular formula is C16H21N3OS2. The molecule has 0 saturated carbocycles. The van der Waals surface area contributed by atoms with Gasteiger partial charge in [0.05, 0.1) is 5.25 Å². The van der Waals surface area contributed by atoms with E-state index in [-0.39, 0.29) is 11.2 Å². The number of hydrogen-bond donors (Lipinski definition) is 1. The van der Waals surface area contributed by atoms with Gasteiger partial charge in [0.1, 0.15) is 16.2 Å². The van der Waals surface area contributed by atoms with E-state index in [1.807, 2.05) is 13.8 Å². The van der Waals surface area contributed by atoms with Gasteiger partial charge < -0.3 is 5.32 Å². The summed E-state index contributed by atoms with van der Waals surface area (Å²) in [6.07, 6.45) is 5.10. The van der Waals surface area contributed by atoms with Gasteiger partial charge in [-0.25, -0.2) is 9.97 Å². The summed E-state index contributed by atoms with van der Waals surface area (Å²) >= 11 is 3.34. The first-order valence-corrected chi connectivity index (χ1v) is 9.49. The zero-order valence-electron chi connectivity index (χ0n) is 13.2. The van der Waals surface area contributed by atoms with Crippen molar-refractivity contribution in [2.24, 2.45) is 5.92 Å². The fraction of sp³-hybridized carbons (Fsp3) is 0.562. The quantitative estimate of drug-likeness (QED) is 0.687. The summed E-state index contributed by atoms with van der Waals surface area (Å²) in [7, 11) is 0. The van der Waals surface area contributed by atoms with Gasteiger partial charge in [0.15, 0.2) is 0 Å². The third-order valence-corrected chi connectivity index (χ3v) is 6.33. The summed E-state index contributed by atoms with van der Waals surface area (Å²) < 4.78 is 0. The van der Waals surface area contributed by atoms with E-state index in [0.717, 1.165) is 28.6 Å². The van der Waals surface area contributed by atoms with E-state index in [2.05, 4.69) is 22.2 Å². The second-order valence-electron chi connectivity index (χ2n) is 5.87. The number of nitrogens with zero attached hydrogens (tertiary/aromatic N) is 2. The summed E-state index contributed by atoms with van der Waals surface area (Å²) in [5.41, 5.74) is 1.42. The number of amides is 1. The number of hydrogen-bond acceptors (Lipinski definition) is 5. The minimum atomic E-state index is -0.142. The Labute approximate surface area is 139 Å². The highest BCUT2D eigenvalue weighted by Gasteiger charge is 2.24. The standard InChI is InChI=1S/C16H21N3OS2/c1-4-17-14(20)10(3)21-15-13-11-6-5-9(2)7-12(11)22-16(13)19-8-18-15/h8-10H,4-7H2,1-3H3,(H,17,20)/t9-,10+/m1/s1. The van der Waals surface area contributed by atoms with Gasteiger partial charge in [-0.3, -0.25) is 4.79 Å². The monoisotopic (exact) mass is 335 g/mol. The first-order valence-electron chi connectivity index (χ1n) is 7.79. The Morgan fingerprint density at radius 2 is 2.36 bits per heavy atom. The summed E-state index contributed by atoms with van der Waals surface area (Å²) in [6.45, 7) is 6.85. The van der Waals surface area contributed by atoms with Crippen LogP contribution in [0.25, 0.3) is 10.2 Å². The van der Waals surface area contributed by atoms with Crippen LogP contribution in [0.5, 0.6) is 0 Å². The molecule has 0 unspecified atom stereocenters. The van der Waals surface area contributed by atoms with Crippen LogP contribution in [0.3, 0.4) is 0 Å². The lowest BCUT2D eigenvalue weighted by molar-refractivity contribution is -0.120. The van der Waals surface area contributed by atoms with E-state index in [1.54, 1.807) is 29.4 Å². The highest BCUT2D eigenvalue weighted by atomic mass is 32.2. The molecule has 0 aromatic carbocycles. The van der Waals surface area contributed by atoms with Gasteiger partial charge in [-0.1, -0.05) is 18.7 Å². The molecule has 0 bridgehead atoms. The first kappa shape index (κ1) is 15.7. The number of aromatic nitrogens is 2. The Balaban J connectivity index is 1.95. The first-order chi connectivity index (χ1) is 10.6. The van der Waals surface area contributed by atoms with E-state index in [9.17, 15) is 4.79 Å². The number of fused-ring (bicyclic) bond motifs is 3. The second-order valence-corrected chi connectivity index (χ2v) is 8.28. The maximum absolute atomic E-state index is 12.0. The molecule has 2 aromatic rings. The van der Waals surface area contributed by atoms with Crippen molar-refractivity contribution in [1.82, 2.24) is 15.3 Å². The van der Waals surface area contributed by atoms with Crippen molar-refractivity contribution in [2.45, 2.75) is 50.3 Å². The lowest BCUT2D eigenvalue weighted by atomic mass is 9.89. The minimum Gasteiger partial charge on any atom is -0.355 e. The molecule has 0 aliphatic heterocycles. The van der Waals surface area contributed by atoms with Gasteiger partial charge in [-0.2, -0.15) is 0 Å². The molecule has 118 valence electrons. The molecule has 0 fully saturated rings. The summed E-state index contributed by atoms with van der Waals surface area (Å²) in [4.78, 5) is 23.4. The number of aryl methyl sites for hydroxylation is 1. The molecule has 0 saturated heterocycles.